The van der Waals surface area contributed by atoms with E-state index in [0.29, 0.717) is 28.9 Å². The molecule has 0 spiro atoms. The minimum atomic E-state index is -5.94. The Balaban J connectivity index is 2.12. The topological polar surface area (TPSA) is 43.8 Å². The van der Waals surface area contributed by atoms with Crippen LogP contribution in [0.4, 0.5) is 40.8 Å². The molecule has 0 aliphatic heterocycles. The van der Waals surface area contributed by atoms with Crippen LogP contribution in [0, 0.1) is 6.92 Å². The van der Waals surface area contributed by atoms with Crippen LogP contribution in [0.25, 0.3) is 11.1 Å². The van der Waals surface area contributed by atoms with Crippen LogP contribution in [0.15, 0.2) is 48.7 Å². The Hall–Kier alpha value is -3.11. The lowest BCUT2D eigenvalue weighted by Crippen LogP contribution is -2.34. The van der Waals surface area contributed by atoms with Gasteiger partial charge in [0.25, 0.3) is 0 Å². The van der Waals surface area contributed by atoms with Crippen molar-refractivity contribution >= 4 is 5.69 Å². The summed E-state index contributed by atoms with van der Waals surface area (Å²) in [4.78, 5) is 0. The number of anilines is 1. The van der Waals surface area contributed by atoms with Crippen LogP contribution in [0.2, 0.25) is 0 Å². The fourth-order valence-corrected chi connectivity index (χ4v) is 2.97. The van der Waals surface area contributed by atoms with E-state index in [9.17, 15) is 35.1 Å². The molecule has 31 heavy (non-hydrogen) atoms. The standard InChI is InChI=1S/C20H15F8N3/c1-11-13(3-2-4-16(11)29)9-31-10-15(17(30-31)18(21,22)20(26,27)28)12-5-7-14(8-6-12)19(23,24)25/h2-8,10H,9,29H2,1H3. The lowest BCUT2D eigenvalue weighted by molar-refractivity contribution is -0.290. The SMILES string of the molecule is Cc1c(N)cccc1Cn1cc(-c2ccc(C(F)(F)F)cc2)c(C(F)(F)C(F)(F)F)n1. The van der Waals surface area contributed by atoms with E-state index in [-0.39, 0.29) is 12.1 Å². The number of aromatic nitrogens is 2. The lowest BCUT2D eigenvalue weighted by atomic mass is 10.0. The third kappa shape index (κ3) is 4.35. The maximum Gasteiger partial charge on any atom is 0.459 e. The first-order valence-corrected chi connectivity index (χ1v) is 8.76. The second-order valence-corrected chi connectivity index (χ2v) is 6.87. The zero-order valence-corrected chi connectivity index (χ0v) is 15.8. The van der Waals surface area contributed by atoms with Crippen molar-refractivity contribution in [1.82, 2.24) is 9.78 Å². The van der Waals surface area contributed by atoms with Crippen LogP contribution < -0.4 is 5.73 Å². The molecule has 0 saturated heterocycles. The molecule has 0 aliphatic carbocycles. The average Bonchev–Trinajstić information content (AvgIpc) is 3.08. The molecule has 0 bridgehead atoms. The van der Waals surface area contributed by atoms with E-state index in [1.165, 1.54) is 0 Å². The van der Waals surface area contributed by atoms with Gasteiger partial charge in [0.15, 0.2) is 0 Å². The fraction of sp³-hybridized carbons (Fsp3) is 0.250. The Labute approximate surface area is 171 Å². The summed E-state index contributed by atoms with van der Waals surface area (Å²) in [6.07, 6.45) is -9.69. The van der Waals surface area contributed by atoms with Crippen LogP contribution in [-0.4, -0.2) is 16.0 Å². The molecule has 0 unspecified atom stereocenters. The van der Waals surface area contributed by atoms with Gasteiger partial charge in [-0.3, -0.25) is 4.68 Å². The van der Waals surface area contributed by atoms with Gasteiger partial charge in [-0.2, -0.15) is 40.2 Å². The van der Waals surface area contributed by atoms with Crippen LogP contribution >= 0.6 is 0 Å². The number of nitrogens with two attached hydrogens (primary N) is 1. The number of nitrogens with zero attached hydrogens (tertiary/aromatic N) is 2. The van der Waals surface area contributed by atoms with E-state index >= 15 is 0 Å². The van der Waals surface area contributed by atoms with Crippen LogP contribution in [0.5, 0.6) is 0 Å². The van der Waals surface area contributed by atoms with Crippen molar-refractivity contribution in [3.8, 4) is 11.1 Å². The van der Waals surface area contributed by atoms with Crippen molar-refractivity contribution in [3.63, 3.8) is 0 Å². The van der Waals surface area contributed by atoms with Crippen LogP contribution in [-0.2, 0) is 18.6 Å². The number of nitrogen functional groups attached to an aromatic ring is 1. The quantitative estimate of drug-likeness (QED) is 0.383. The predicted molar refractivity (Wildman–Crippen MR) is 97.3 cm³/mol. The third-order valence-corrected chi connectivity index (χ3v) is 4.76. The molecule has 1 heterocycles. The Morgan fingerprint density at radius 2 is 1.52 bits per heavy atom. The first-order chi connectivity index (χ1) is 14.2. The maximum absolute atomic E-state index is 14.2. The minimum absolute atomic E-state index is 0.168. The van der Waals surface area contributed by atoms with Gasteiger partial charge >= 0.3 is 18.3 Å². The van der Waals surface area contributed by atoms with Gasteiger partial charge in [-0.25, -0.2) is 0 Å². The summed E-state index contributed by atoms with van der Waals surface area (Å²) in [6, 6.07) is 7.64. The molecule has 1 aromatic heterocycles. The van der Waals surface area contributed by atoms with Gasteiger partial charge in [0, 0.05) is 17.4 Å². The lowest BCUT2D eigenvalue weighted by Gasteiger charge is -2.19. The number of hydrogen-bond acceptors (Lipinski definition) is 2. The van der Waals surface area contributed by atoms with Crippen molar-refractivity contribution in [1.29, 1.82) is 0 Å². The van der Waals surface area contributed by atoms with E-state index in [1.807, 2.05) is 0 Å². The summed E-state index contributed by atoms with van der Waals surface area (Å²) in [5.41, 5.74) is 3.76. The van der Waals surface area contributed by atoms with Gasteiger partial charge in [0.2, 0.25) is 0 Å². The van der Waals surface area contributed by atoms with E-state index in [4.69, 9.17) is 5.73 Å². The van der Waals surface area contributed by atoms with Crippen LogP contribution in [0.3, 0.4) is 0 Å². The van der Waals surface area contributed by atoms with E-state index < -0.39 is 35.1 Å². The molecule has 2 N–H and O–H groups in total. The monoisotopic (exact) mass is 449 g/mol. The van der Waals surface area contributed by atoms with Crippen molar-refractivity contribution in [3.05, 3.63) is 71.0 Å². The molecule has 0 fully saturated rings. The molecular weight excluding hydrogens is 434 g/mol. The van der Waals surface area contributed by atoms with Gasteiger partial charge in [0.1, 0.15) is 5.69 Å². The number of alkyl halides is 8. The van der Waals surface area contributed by atoms with Gasteiger partial charge in [-0.15, -0.1) is 0 Å². The molecule has 3 aromatic rings. The van der Waals surface area contributed by atoms with Crippen LogP contribution in [0.1, 0.15) is 22.4 Å². The van der Waals surface area contributed by atoms with E-state index in [1.54, 1.807) is 25.1 Å². The van der Waals surface area contributed by atoms with E-state index in [2.05, 4.69) is 5.10 Å². The Kier molecular flexibility index (Phi) is 5.49. The first kappa shape index (κ1) is 22.6. The van der Waals surface area contributed by atoms with Crippen molar-refractivity contribution in [2.24, 2.45) is 0 Å². The molecule has 3 rings (SSSR count). The Bertz CT molecular complexity index is 1080. The minimum Gasteiger partial charge on any atom is -0.399 e. The number of benzene rings is 2. The number of rotatable bonds is 4. The highest BCUT2D eigenvalue weighted by Crippen LogP contribution is 2.46. The van der Waals surface area contributed by atoms with Gasteiger partial charge in [0.05, 0.1) is 12.1 Å². The van der Waals surface area contributed by atoms with Gasteiger partial charge in [-0.05, 0) is 41.8 Å². The molecule has 0 saturated carbocycles. The van der Waals surface area contributed by atoms with Crippen molar-refractivity contribution in [2.75, 3.05) is 5.73 Å². The normalized spacial score (nSPS) is 12.9. The highest BCUT2D eigenvalue weighted by Gasteiger charge is 2.61. The van der Waals surface area contributed by atoms with E-state index in [0.717, 1.165) is 23.0 Å². The summed E-state index contributed by atoms with van der Waals surface area (Å²) in [7, 11) is 0. The molecule has 0 amide bonds. The second kappa shape index (κ2) is 7.54. The molecular formula is C20H15F8N3. The summed E-state index contributed by atoms with van der Waals surface area (Å²) in [5, 5.41) is 3.45. The first-order valence-electron chi connectivity index (χ1n) is 8.76. The molecule has 0 radical (unpaired) electrons. The zero-order valence-electron chi connectivity index (χ0n) is 15.8. The van der Waals surface area contributed by atoms with Gasteiger partial charge in [-0.1, -0.05) is 24.3 Å². The summed E-state index contributed by atoms with van der Waals surface area (Å²) >= 11 is 0. The van der Waals surface area contributed by atoms with Crippen molar-refractivity contribution < 1.29 is 35.1 Å². The Morgan fingerprint density at radius 3 is 2.06 bits per heavy atom. The second-order valence-electron chi connectivity index (χ2n) is 6.87. The maximum atomic E-state index is 14.2. The molecule has 3 nitrogen and oxygen atoms in total. The zero-order chi connectivity index (χ0) is 23.2. The average molecular weight is 449 g/mol. The van der Waals surface area contributed by atoms with Crippen molar-refractivity contribution in [2.45, 2.75) is 31.7 Å². The largest absolute Gasteiger partial charge is 0.459 e. The van der Waals surface area contributed by atoms with Gasteiger partial charge < -0.3 is 5.73 Å². The molecule has 11 heteroatoms. The third-order valence-electron chi connectivity index (χ3n) is 4.76. The molecule has 0 aliphatic rings. The highest BCUT2D eigenvalue weighted by atomic mass is 19.4. The fourth-order valence-electron chi connectivity index (χ4n) is 2.97. The summed E-state index contributed by atoms with van der Waals surface area (Å²) in [5.74, 6) is -5.32. The molecule has 166 valence electrons. The Morgan fingerprint density at radius 1 is 0.903 bits per heavy atom. The summed E-state index contributed by atoms with van der Waals surface area (Å²) in [6.45, 7) is 1.48. The summed E-state index contributed by atoms with van der Waals surface area (Å²) < 4.78 is 107. The predicted octanol–water partition coefficient (Wildman–Crippen LogP) is 6.16. The highest BCUT2D eigenvalue weighted by molar-refractivity contribution is 5.67. The smallest absolute Gasteiger partial charge is 0.399 e. The number of hydrogen-bond donors (Lipinski definition) is 1. The number of halogens is 8. The molecule has 2 aromatic carbocycles. The molecule has 0 atom stereocenters.